The average molecular weight is 490 g/mol. The van der Waals surface area contributed by atoms with Crippen LogP contribution in [0.1, 0.15) is 20.3 Å². The first-order valence-corrected chi connectivity index (χ1v) is 12.4. The predicted molar refractivity (Wildman–Crippen MR) is 133 cm³/mol. The molecule has 3 rings (SSSR count). The zero-order chi connectivity index (χ0) is 23.1. The molecule has 2 aromatic carbocycles. The highest BCUT2D eigenvalue weighted by Gasteiger charge is 2.27. The molecule has 1 aromatic heterocycles. The van der Waals surface area contributed by atoms with Gasteiger partial charge in [0.05, 0.1) is 0 Å². The smallest absolute Gasteiger partial charge is 0.319 e. The van der Waals surface area contributed by atoms with Gasteiger partial charge in [0, 0.05) is 21.2 Å². The highest BCUT2D eigenvalue weighted by atomic mass is 35.5. The van der Waals surface area contributed by atoms with Gasteiger partial charge in [-0.1, -0.05) is 55.3 Å². The van der Waals surface area contributed by atoms with E-state index in [1.807, 2.05) is 56.5 Å². The number of urea groups is 1. The quantitative estimate of drug-likeness (QED) is 0.350. The van der Waals surface area contributed by atoms with Crippen LogP contribution in [0.5, 0.6) is 0 Å². The topological polar surface area (TPSA) is 96.0 Å². The molecule has 0 aliphatic heterocycles. The van der Waals surface area contributed by atoms with Crippen molar-refractivity contribution in [2.24, 2.45) is 5.92 Å². The summed E-state index contributed by atoms with van der Waals surface area (Å²) >= 11 is 8.90. The first-order chi connectivity index (χ1) is 15.4. The molecule has 0 saturated carbocycles. The molecule has 0 radical (unpaired) electrons. The third kappa shape index (κ3) is 6.44. The fourth-order valence-electron chi connectivity index (χ4n) is 2.88. The lowest BCUT2D eigenvalue weighted by Gasteiger charge is -2.23. The first-order valence-electron chi connectivity index (χ1n) is 10.0. The van der Waals surface area contributed by atoms with Crippen LogP contribution in [-0.4, -0.2) is 34.4 Å². The highest BCUT2D eigenvalue weighted by molar-refractivity contribution is 7.98. The zero-order valence-electron chi connectivity index (χ0n) is 17.9. The molecule has 3 aromatic rings. The van der Waals surface area contributed by atoms with Gasteiger partial charge in [0.25, 0.3) is 0 Å². The van der Waals surface area contributed by atoms with E-state index in [1.54, 1.807) is 23.9 Å². The molecule has 3 amide bonds. The number of nitrogens with one attached hydrogen (secondary N) is 3. The van der Waals surface area contributed by atoms with E-state index in [-0.39, 0.29) is 11.8 Å². The zero-order valence-corrected chi connectivity index (χ0v) is 20.3. The SMILES string of the molecule is CCC(C)C(NC(=O)Nc1ccc(SC)cc1)C(=O)Nc1nnc(-c2cccc(Cl)c2)s1. The van der Waals surface area contributed by atoms with Gasteiger partial charge >= 0.3 is 6.03 Å². The number of rotatable bonds is 8. The maximum absolute atomic E-state index is 12.9. The van der Waals surface area contributed by atoms with Gasteiger partial charge in [-0.3, -0.25) is 10.1 Å². The van der Waals surface area contributed by atoms with Crippen LogP contribution in [0, 0.1) is 5.92 Å². The van der Waals surface area contributed by atoms with Crippen LogP contribution >= 0.6 is 34.7 Å². The van der Waals surface area contributed by atoms with Crippen molar-refractivity contribution in [2.45, 2.75) is 31.2 Å². The minimum Gasteiger partial charge on any atom is -0.326 e. The third-order valence-corrected chi connectivity index (χ3v) is 6.72. The molecular weight excluding hydrogens is 466 g/mol. The van der Waals surface area contributed by atoms with Gasteiger partial charge in [-0.15, -0.1) is 22.0 Å². The van der Waals surface area contributed by atoms with Gasteiger partial charge in [0.15, 0.2) is 0 Å². The van der Waals surface area contributed by atoms with E-state index in [4.69, 9.17) is 11.6 Å². The number of benzene rings is 2. The number of halogens is 1. The minimum atomic E-state index is -0.732. The molecule has 32 heavy (non-hydrogen) atoms. The predicted octanol–water partition coefficient (Wildman–Crippen LogP) is 5.76. The molecule has 0 aliphatic carbocycles. The van der Waals surface area contributed by atoms with Gasteiger partial charge in [-0.2, -0.15) is 0 Å². The van der Waals surface area contributed by atoms with Crippen LogP contribution in [-0.2, 0) is 4.79 Å². The lowest BCUT2D eigenvalue weighted by molar-refractivity contribution is -0.119. The summed E-state index contributed by atoms with van der Waals surface area (Å²) in [4.78, 5) is 26.6. The van der Waals surface area contributed by atoms with Crippen molar-refractivity contribution in [1.29, 1.82) is 0 Å². The molecule has 0 bridgehead atoms. The van der Waals surface area contributed by atoms with Crippen LogP contribution < -0.4 is 16.0 Å². The third-order valence-electron chi connectivity index (χ3n) is 4.86. The van der Waals surface area contributed by atoms with Gasteiger partial charge < -0.3 is 10.6 Å². The van der Waals surface area contributed by atoms with Gasteiger partial charge in [0.2, 0.25) is 11.0 Å². The molecular formula is C22H24ClN5O2S2. The summed E-state index contributed by atoms with van der Waals surface area (Å²) in [5.41, 5.74) is 1.47. The second-order valence-corrected chi connectivity index (χ2v) is 9.40. The molecule has 7 nitrogen and oxygen atoms in total. The number of carbonyl (C=O) groups excluding carboxylic acids is 2. The molecule has 0 saturated heterocycles. The Kier molecular flexibility index (Phi) is 8.49. The maximum atomic E-state index is 12.9. The van der Waals surface area contributed by atoms with Crippen LogP contribution in [0.15, 0.2) is 53.4 Å². The van der Waals surface area contributed by atoms with Crippen LogP contribution in [0.4, 0.5) is 15.6 Å². The van der Waals surface area contributed by atoms with E-state index in [1.165, 1.54) is 11.3 Å². The minimum absolute atomic E-state index is 0.0834. The fraction of sp³-hybridized carbons (Fsp3) is 0.273. The van der Waals surface area contributed by atoms with Gasteiger partial charge in [0.1, 0.15) is 11.0 Å². The normalized spacial score (nSPS) is 12.6. The fourth-order valence-corrected chi connectivity index (χ4v) is 4.22. The molecule has 3 N–H and O–H groups in total. The van der Waals surface area contributed by atoms with Crippen molar-refractivity contribution < 1.29 is 9.59 Å². The van der Waals surface area contributed by atoms with Crippen molar-refractivity contribution in [1.82, 2.24) is 15.5 Å². The second-order valence-electron chi connectivity index (χ2n) is 7.10. The summed E-state index contributed by atoms with van der Waals surface area (Å²) in [6.45, 7) is 3.88. The summed E-state index contributed by atoms with van der Waals surface area (Å²) in [7, 11) is 0. The van der Waals surface area contributed by atoms with E-state index in [9.17, 15) is 9.59 Å². The largest absolute Gasteiger partial charge is 0.326 e. The summed E-state index contributed by atoms with van der Waals surface area (Å²) in [5.74, 6) is -0.430. The second kappa shape index (κ2) is 11.3. The van der Waals surface area contributed by atoms with E-state index in [0.717, 1.165) is 10.5 Å². The van der Waals surface area contributed by atoms with Crippen LogP contribution in [0.2, 0.25) is 5.02 Å². The molecule has 1 heterocycles. The number of hydrogen-bond donors (Lipinski definition) is 3. The summed E-state index contributed by atoms with van der Waals surface area (Å²) in [6.07, 6.45) is 2.70. The lowest BCUT2D eigenvalue weighted by atomic mass is 9.98. The monoisotopic (exact) mass is 489 g/mol. The van der Waals surface area contributed by atoms with Gasteiger partial charge in [-0.25, -0.2) is 4.79 Å². The summed E-state index contributed by atoms with van der Waals surface area (Å²) in [5, 5.41) is 18.1. The Hall–Kier alpha value is -2.62. The van der Waals surface area contributed by atoms with E-state index >= 15 is 0 Å². The number of aromatic nitrogens is 2. The lowest BCUT2D eigenvalue weighted by Crippen LogP contribution is -2.49. The number of anilines is 2. The molecule has 0 fully saturated rings. The molecule has 2 atom stereocenters. The Morgan fingerprint density at radius 1 is 1.12 bits per heavy atom. The number of amides is 3. The van der Waals surface area contributed by atoms with Gasteiger partial charge in [-0.05, 0) is 48.6 Å². The number of carbonyl (C=O) groups is 2. The number of thioether (sulfide) groups is 1. The Morgan fingerprint density at radius 3 is 2.53 bits per heavy atom. The first kappa shape index (κ1) is 24.0. The van der Waals surface area contributed by atoms with Crippen molar-refractivity contribution >= 4 is 57.5 Å². The van der Waals surface area contributed by atoms with E-state index < -0.39 is 12.1 Å². The van der Waals surface area contributed by atoms with Crippen LogP contribution in [0.25, 0.3) is 10.6 Å². The Labute approximate surface area is 200 Å². The summed E-state index contributed by atoms with van der Waals surface area (Å²) in [6, 6.07) is 13.6. The van der Waals surface area contributed by atoms with Crippen molar-refractivity contribution in [3.63, 3.8) is 0 Å². The molecule has 168 valence electrons. The number of nitrogens with zero attached hydrogens (tertiary/aromatic N) is 2. The standard InChI is InChI=1S/C22H24ClN5O2S2/c1-4-13(2)18(25-21(30)24-16-8-10-17(31-3)11-9-16)19(29)26-22-28-27-20(32-22)14-6-5-7-15(23)12-14/h5-13,18H,4H2,1-3H3,(H2,24,25,30)(H,26,28,29). The highest BCUT2D eigenvalue weighted by Crippen LogP contribution is 2.28. The molecule has 0 aliphatic rings. The Balaban J connectivity index is 1.66. The van der Waals surface area contributed by atoms with Crippen LogP contribution in [0.3, 0.4) is 0 Å². The molecule has 2 unspecified atom stereocenters. The van der Waals surface area contributed by atoms with Crippen molar-refractivity contribution in [3.8, 4) is 10.6 Å². The average Bonchev–Trinajstić information content (AvgIpc) is 3.26. The van der Waals surface area contributed by atoms with Crippen molar-refractivity contribution in [3.05, 3.63) is 53.6 Å². The summed E-state index contributed by atoms with van der Waals surface area (Å²) < 4.78 is 0. The van der Waals surface area contributed by atoms with E-state index in [2.05, 4.69) is 26.1 Å². The Morgan fingerprint density at radius 2 is 1.88 bits per heavy atom. The Bertz CT molecular complexity index is 1070. The maximum Gasteiger partial charge on any atom is 0.319 e. The molecule has 10 heteroatoms. The molecule has 0 spiro atoms. The van der Waals surface area contributed by atoms with E-state index in [0.29, 0.717) is 27.3 Å². The van der Waals surface area contributed by atoms with Crippen molar-refractivity contribution in [2.75, 3.05) is 16.9 Å². The number of hydrogen-bond acceptors (Lipinski definition) is 6.